The van der Waals surface area contributed by atoms with Crippen LogP contribution in [-0.2, 0) is 0 Å². The van der Waals surface area contributed by atoms with E-state index in [1.807, 2.05) is 43.3 Å². The number of carbonyl (C=O) groups is 1. The molecule has 1 amide bonds. The average molecular weight is 292 g/mol. The van der Waals surface area contributed by atoms with Crippen LogP contribution in [0, 0.1) is 18.8 Å². The first-order chi connectivity index (χ1) is 10.6. The van der Waals surface area contributed by atoms with Gasteiger partial charge < -0.3 is 10.6 Å². The van der Waals surface area contributed by atoms with Gasteiger partial charge in [-0.3, -0.25) is 4.79 Å². The number of anilines is 1. The van der Waals surface area contributed by atoms with Crippen molar-refractivity contribution >= 4 is 11.6 Å². The number of nitrogens with zero attached hydrogens (tertiary/aromatic N) is 1. The van der Waals surface area contributed by atoms with E-state index in [4.69, 9.17) is 5.73 Å². The lowest BCUT2D eigenvalue weighted by Crippen LogP contribution is -2.28. The maximum atomic E-state index is 12.3. The molecule has 0 heterocycles. The van der Waals surface area contributed by atoms with Crippen molar-refractivity contribution in [3.05, 3.63) is 65.2 Å². The number of rotatable bonds is 3. The Morgan fingerprint density at radius 3 is 2.50 bits per heavy atom. The summed E-state index contributed by atoms with van der Waals surface area (Å²) in [5.41, 5.74) is 9.08. The Hall–Kier alpha value is -2.73. The highest BCUT2D eigenvalue weighted by molar-refractivity contribution is 5.98. The second kappa shape index (κ2) is 7.33. The van der Waals surface area contributed by atoms with Crippen LogP contribution in [0.3, 0.4) is 0 Å². The van der Waals surface area contributed by atoms with E-state index in [1.165, 1.54) is 5.56 Å². The molecule has 0 fully saturated rings. The summed E-state index contributed by atoms with van der Waals surface area (Å²) < 4.78 is 0. The van der Waals surface area contributed by atoms with E-state index in [0.717, 1.165) is 5.56 Å². The minimum absolute atomic E-state index is 0.0739. The Kier molecular flexibility index (Phi) is 5.21. The van der Waals surface area contributed by atoms with Gasteiger partial charge in [0, 0.05) is 31.3 Å². The monoisotopic (exact) mass is 292 g/mol. The first-order valence-electron chi connectivity index (χ1n) is 7.23. The fourth-order valence-electron chi connectivity index (χ4n) is 2.02. The van der Waals surface area contributed by atoms with Crippen LogP contribution in [0.1, 0.15) is 27.9 Å². The van der Waals surface area contributed by atoms with Gasteiger partial charge in [0.25, 0.3) is 5.91 Å². The highest BCUT2D eigenvalue weighted by Crippen LogP contribution is 2.12. The SMILES string of the molecule is Cc1ccc(C#CCCN(C)C(=O)c2ccccc2N)cc1. The van der Waals surface area contributed by atoms with E-state index in [9.17, 15) is 4.79 Å². The number of hydrogen-bond donors (Lipinski definition) is 1. The van der Waals surface area contributed by atoms with E-state index in [-0.39, 0.29) is 5.91 Å². The van der Waals surface area contributed by atoms with Crippen molar-refractivity contribution in [1.82, 2.24) is 4.90 Å². The van der Waals surface area contributed by atoms with E-state index < -0.39 is 0 Å². The van der Waals surface area contributed by atoms with Crippen LogP contribution < -0.4 is 5.73 Å². The molecule has 0 spiro atoms. The van der Waals surface area contributed by atoms with Crippen molar-refractivity contribution in [3.63, 3.8) is 0 Å². The molecule has 3 heteroatoms. The third-order valence-electron chi connectivity index (χ3n) is 3.39. The van der Waals surface area contributed by atoms with E-state index in [2.05, 4.69) is 11.8 Å². The first-order valence-corrected chi connectivity index (χ1v) is 7.23. The molecule has 0 saturated heterocycles. The molecule has 0 aromatic heterocycles. The lowest BCUT2D eigenvalue weighted by atomic mass is 10.1. The van der Waals surface area contributed by atoms with E-state index >= 15 is 0 Å². The van der Waals surface area contributed by atoms with Crippen LogP contribution in [0.25, 0.3) is 0 Å². The molecule has 2 N–H and O–H groups in total. The summed E-state index contributed by atoms with van der Waals surface area (Å²) in [7, 11) is 1.77. The van der Waals surface area contributed by atoms with Gasteiger partial charge in [-0.05, 0) is 31.2 Å². The predicted octanol–water partition coefficient (Wildman–Crippen LogP) is 3.09. The van der Waals surface area contributed by atoms with Crippen molar-refractivity contribution in [2.24, 2.45) is 0 Å². The predicted molar refractivity (Wildman–Crippen MR) is 90.5 cm³/mol. The number of carbonyl (C=O) groups excluding carboxylic acids is 1. The van der Waals surface area contributed by atoms with Gasteiger partial charge >= 0.3 is 0 Å². The van der Waals surface area contributed by atoms with Gasteiger partial charge in [-0.15, -0.1) is 0 Å². The molecular weight excluding hydrogens is 272 g/mol. The summed E-state index contributed by atoms with van der Waals surface area (Å²) in [5, 5.41) is 0. The molecule has 0 atom stereocenters. The van der Waals surface area contributed by atoms with Crippen LogP contribution in [0.4, 0.5) is 5.69 Å². The topological polar surface area (TPSA) is 46.3 Å². The number of hydrogen-bond acceptors (Lipinski definition) is 2. The molecule has 0 aliphatic heterocycles. The summed E-state index contributed by atoms with van der Waals surface area (Å²) in [6.07, 6.45) is 0.628. The highest BCUT2D eigenvalue weighted by atomic mass is 16.2. The molecule has 0 aliphatic rings. The maximum absolute atomic E-state index is 12.3. The number of nitrogens with two attached hydrogens (primary N) is 1. The summed E-state index contributed by atoms with van der Waals surface area (Å²) in [6.45, 7) is 2.62. The first kappa shape index (κ1) is 15.7. The van der Waals surface area contributed by atoms with Crippen LogP contribution in [0.2, 0.25) is 0 Å². The number of aryl methyl sites for hydroxylation is 1. The molecule has 2 rings (SSSR count). The molecule has 2 aromatic carbocycles. The van der Waals surface area contributed by atoms with Crippen molar-refractivity contribution in [2.45, 2.75) is 13.3 Å². The largest absolute Gasteiger partial charge is 0.398 e. The Morgan fingerprint density at radius 2 is 1.82 bits per heavy atom. The highest BCUT2D eigenvalue weighted by Gasteiger charge is 2.13. The third-order valence-corrected chi connectivity index (χ3v) is 3.39. The zero-order valence-electron chi connectivity index (χ0n) is 13.0. The standard InChI is InChI=1S/C19H20N2O/c1-15-10-12-16(13-11-15)7-5-6-14-21(2)19(22)17-8-3-4-9-18(17)20/h3-4,8-13H,6,14,20H2,1-2H3. The lowest BCUT2D eigenvalue weighted by molar-refractivity contribution is 0.0799. The average Bonchev–Trinajstić information content (AvgIpc) is 2.53. The molecule has 0 bridgehead atoms. The van der Waals surface area contributed by atoms with Gasteiger partial charge in [-0.25, -0.2) is 0 Å². The second-order valence-corrected chi connectivity index (χ2v) is 5.23. The number of amides is 1. The van der Waals surface area contributed by atoms with Crippen LogP contribution in [-0.4, -0.2) is 24.4 Å². The molecule has 3 nitrogen and oxygen atoms in total. The third kappa shape index (κ3) is 4.13. The quantitative estimate of drug-likeness (QED) is 0.698. The van der Waals surface area contributed by atoms with Crippen LogP contribution in [0.15, 0.2) is 48.5 Å². The van der Waals surface area contributed by atoms with Crippen LogP contribution >= 0.6 is 0 Å². The number of para-hydroxylation sites is 1. The normalized spacial score (nSPS) is 9.73. The summed E-state index contributed by atoms with van der Waals surface area (Å²) >= 11 is 0. The van der Waals surface area contributed by atoms with E-state index in [0.29, 0.717) is 24.2 Å². The Balaban J connectivity index is 1.91. The van der Waals surface area contributed by atoms with Gasteiger partial charge in [0.1, 0.15) is 0 Å². The smallest absolute Gasteiger partial charge is 0.255 e. The molecule has 0 saturated carbocycles. The molecule has 0 unspecified atom stereocenters. The minimum atomic E-state index is -0.0739. The minimum Gasteiger partial charge on any atom is -0.398 e. The zero-order valence-corrected chi connectivity index (χ0v) is 13.0. The van der Waals surface area contributed by atoms with Gasteiger partial charge in [0.15, 0.2) is 0 Å². The Bertz CT molecular complexity index is 708. The fraction of sp³-hybridized carbons (Fsp3) is 0.211. The molecular formula is C19H20N2O. The molecule has 22 heavy (non-hydrogen) atoms. The van der Waals surface area contributed by atoms with Gasteiger partial charge in [-0.1, -0.05) is 41.7 Å². The summed E-state index contributed by atoms with van der Waals surface area (Å²) in [5.74, 6) is 6.13. The number of nitrogen functional groups attached to an aromatic ring is 1. The summed E-state index contributed by atoms with van der Waals surface area (Å²) in [6, 6.07) is 15.2. The zero-order chi connectivity index (χ0) is 15.9. The van der Waals surface area contributed by atoms with Crippen molar-refractivity contribution in [2.75, 3.05) is 19.3 Å². The summed E-state index contributed by atoms with van der Waals surface area (Å²) in [4.78, 5) is 13.9. The van der Waals surface area contributed by atoms with Gasteiger partial charge in [-0.2, -0.15) is 0 Å². The van der Waals surface area contributed by atoms with Crippen molar-refractivity contribution in [1.29, 1.82) is 0 Å². The Morgan fingerprint density at radius 1 is 1.14 bits per heavy atom. The molecule has 112 valence electrons. The molecule has 0 radical (unpaired) electrons. The van der Waals surface area contributed by atoms with Crippen molar-refractivity contribution < 1.29 is 4.79 Å². The van der Waals surface area contributed by atoms with E-state index in [1.54, 1.807) is 24.1 Å². The van der Waals surface area contributed by atoms with Gasteiger partial charge in [0.05, 0.1) is 5.56 Å². The van der Waals surface area contributed by atoms with Gasteiger partial charge in [0.2, 0.25) is 0 Å². The van der Waals surface area contributed by atoms with Crippen molar-refractivity contribution in [3.8, 4) is 11.8 Å². The second-order valence-electron chi connectivity index (χ2n) is 5.23. The van der Waals surface area contributed by atoms with Crippen LogP contribution in [0.5, 0.6) is 0 Å². The number of benzene rings is 2. The molecule has 0 aliphatic carbocycles. The Labute approximate surface area is 131 Å². The fourth-order valence-corrected chi connectivity index (χ4v) is 2.02. The lowest BCUT2D eigenvalue weighted by Gasteiger charge is -2.16. The maximum Gasteiger partial charge on any atom is 0.255 e. The molecule has 2 aromatic rings.